The highest BCUT2D eigenvalue weighted by Crippen LogP contribution is 2.25. The first-order valence-electron chi connectivity index (χ1n) is 4.58. The van der Waals surface area contributed by atoms with Crippen LogP contribution < -0.4 is 10.5 Å². The minimum atomic E-state index is -1.16. The molecule has 8 nitrogen and oxygen atoms in total. The van der Waals surface area contributed by atoms with Crippen LogP contribution in [0.1, 0.15) is 10.4 Å². The van der Waals surface area contributed by atoms with Crippen LogP contribution in [0, 0.1) is 0 Å². The second-order valence-corrected chi connectivity index (χ2v) is 3.08. The van der Waals surface area contributed by atoms with Crippen molar-refractivity contribution in [3.63, 3.8) is 0 Å². The van der Waals surface area contributed by atoms with Gasteiger partial charge in [0.2, 0.25) is 5.88 Å². The van der Waals surface area contributed by atoms with Crippen molar-refractivity contribution < 1.29 is 14.6 Å². The van der Waals surface area contributed by atoms with Crippen molar-refractivity contribution >= 4 is 11.8 Å². The number of carbonyl (C=O) groups is 1. The smallest absolute Gasteiger partial charge is 0.338 e. The van der Waals surface area contributed by atoms with Crippen molar-refractivity contribution in [2.45, 2.75) is 0 Å². The first-order chi connectivity index (χ1) is 8.13. The molecule has 3 N–H and O–H groups in total. The number of pyridine rings is 1. The lowest BCUT2D eigenvalue weighted by Gasteiger charge is -2.10. The van der Waals surface area contributed by atoms with Gasteiger partial charge in [-0.2, -0.15) is 15.2 Å². The first kappa shape index (κ1) is 10.9. The highest BCUT2D eigenvalue weighted by Gasteiger charge is 2.20. The Morgan fingerprint density at radius 1 is 1.47 bits per heavy atom. The number of nitrogen functional groups attached to an aromatic ring is 1. The molecule has 0 aliphatic heterocycles. The summed E-state index contributed by atoms with van der Waals surface area (Å²) >= 11 is 0. The number of rotatable bonds is 3. The molecular formula is C9H9N5O3. The van der Waals surface area contributed by atoms with Gasteiger partial charge in [0.15, 0.2) is 5.69 Å². The molecule has 2 heterocycles. The van der Waals surface area contributed by atoms with Crippen LogP contribution >= 0.6 is 0 Å². The monoisotopic (exact) mass is 235 g/mol. The number of methoxy groups -OCH3 is 1. The maximum atomic E-state index is 11.1. The number of nitrogens with two attached hydrogens (primary N) is 1. The van der Waals surface area contributed by atoms with Gasteiger partial charge in [0.05, 0.1) is 25.1 Å². The molecule has 0 bridgehead atoms. The quantitative estimate of drug-likeness (QED) is 0.766. The zero-order valence-corrected chi connectivity index (χ0v) is 8.86. The van der Waals surface area contributed by atoms with Crippen LogP contribution in [0.3, 0.4) is 0 Å². The second kappa shape index (κ2) is 4.08. The molecule has 0 aliphatic carbocycles. The van der Waals surface area contributed by atoms with E-state index in [2.05, 4.69) is 15.2 Å². The van der Waals surface area contributed by atoms with Gasteiger partial charge >= 0.3 is 5.97 Å². The fourth-order valence-corrected chi connectivity index (χ4v) is 1.36. The van der Waals surface area contributed by atoms with Gasteiger partial charge in [0.1, 0.15) is 5.82 Å². The Hall–Kier alpha value is -2.64. The third-order valence-corrected chi connectivity index (χ3v) is 2.02. The van der Waals surface area contributed by atoms with E-state index in [0.717, 1.165) is 4.80 Å². The highest BCUT2D eigenvalue weighted by molar-refractivity contribution is 5.93. The van der Waals surface area contributed by atoms with Crippen LogP contribution in [-0.2, 0) is 0 Å². The Kier molecular flexibility index (Phi) is 2.61. The summed E-state index contributed by atoms with van der Waals surface area (Å²) in [6.45, 7) is 0. The summed E-state index contributed by atoms with van der Waals surface area (Å²) in [4.78, 5) is 16.1. The Labute approximate surface area is 95.6 Å². The molecule has 2 aromatic heterocycles. The van der Waals surface area contributed by atoms with E-state index in [0.29, 0.717) is 0 Å². The van der Waals surface area contributed by atoms with Crippen molar-refractivity contribution in [1.82, 2.24) is 20.0 Å². The molecule has 8 heteroatoms. The van der Waals surface area contributed by atoms with Gasteiger partial charge in [-0.1, -0.05) is 0 Å². The van der Waals surface area contributed by atoms with Crippen LogP contribution in [0.15, 0.2) is 18.5 Å². The number of aromatic nitrogens is 4. The summed E-state index contributed by atoms with van der Waals surface area (Å²) in [6.07, 6.45) is 2.84. The van der Waals surface area contributed by atoms with E-state index in [1.807, 2.05) is 0 Å². The largest absolute Gasteiger partial charge is 0.479 e. The van der Waals surface area contributed by atoms with Gasteiger partial charge in [0.25, 0.3) is 0 Å². The van der Waals surface area contributed by atoms with Crippen LogP contribution in [0.25, 0.3) is 5.69 Å². The molecule has 0 radical (unpaired) electrons. The predicted octanol–water partition coefficient (Wildman–Crippen LogP) is -0.0487. The Morgan fingerprint density at radius 2 is 2.12 bits per heavy atom. The summed E-state index contributed by atoms with van der Waals surface area (Å²) in [7, 11) is 1.36. The van der Waals surface area contributed by atoms with E-state index >= 15 is 0 Å². The summed E-state index contributed by atoms with van der Waals surface area (Å²) in [5, 5.41) is 16.8. The lowest BCUT2D eigenvalue weighted by Crippen LogP contribution is -2.12. The molecule has 2 rings (SSSR count). The number of ether oxygens (including phenoxy) is 1. The molecule has 0 unspecified atom stereocenters. The van der Waals surface area contributed by atoms with Gasteiger partial charge < -0.3 is 15.6 Å². The third kappa shape index (κ3) is 1.87. The number of anilines is 1. The molecule has 17 heavy (non-hydrogen) atoms. The van der Waals surface area contributed by atoms with Crippen LogP contribution in [-0.4, -0.2) is 38.2 Å². The summed E-state index contributed by atoms with van der Waals surface area (Å²) in [5.41, 5.74) is 5.55. The number of carboxylic acids is 1. The van der Waals surface area contributed by atoms with Gasteiger partial charge in [-0.3, -0.25) is 0 Å². The number of hydrogen-bond acceptors (Lipinski definition) is 6. The van der Waals surface area contributed by atoms with E-state index in [-0.39, 0.29) is 22.9 Å². The lowest BCUT2D eigenvalue weighted by molar-refractivity contribution is 0.0696. The van der Waals surface area contributed by atoms with E-state index in [1.165, 1.54) is 25.6 Å². The van der Waals surface area contributed by atoms with Crippen molar-refractivity contribution in [2.75, 3.05) is 12.8 Å². The van der Waals surface area contributed by atoms with Crippen molar-refractivity contribution in [3.05, 3.63) is 24.0 Å². The third-order valence-electron chi connectivity index (χ3n) is 2.02. The van der Waals surface area contributed by atoms with E-state index in [9.17, 15) is 4.79 Å². The molecule has 2 aromatic rings. The van der Waals surface area contributed by atoms with Gasteiger partial charge in [0, 0.05) is 0 Å². The van der Waals surface area contributed by atoms with Crippen LogP contribution in [0.4, 0.5) is 5.82 Å². The van der Waals surface area contributed by atoms with Crippen LogP contribution in [0.2, 0.25) is 0 Å². The molecular weight excluding hydrogens is 226 g/mol. The summed E-state index contributed by atoms with van der Waals surface area (Å²) < 4.78 is 4.99. The van der Waals surface area contributed by atoms with Gasteiger partial charge in [-0.25, -0.2) is 4.79 Å². The van der Waals surface area contributed by atoms with E-state index < -0.39 is 5.97 Å². The minimum Gasteiger partial charge on any atom is -0.479 e. The second-order valence-electron chi connectivity index (χ2n) is 3.08. The number of aromatic carboxylic acids is 1. The molecule has 0 fully saturated rings. The molecule has 88 valence electrons. The molecule has 0 aromatic carbocycles. The van der Waals surface area contributed by atoms with Gasteiger partial charge in [-0.05, 0) is 6.07 Å². The molecule has 0 spiro atoms. The van der Waals surface area contributed by atoms with Crippen molar-refractivity contribution in [2.24, 2.45) is 0 Å². The van der Waals surface area contributed by atoms with Crippen molar-refractivity contribution in [3.8, 4) is 11.6 Å². The van der Waals surface area contributed by atoms with Crippen molar-refractivity contribution in [1.29, 1.82) is 0 Å². The Balaban J connectivity index is 2.74. The maximum absolute atomic E-state index is 11.1. The van der Waals surface area contributed by atoms with Gasteiger partial charge in [-0.15, -0.1) is 4.80 Å². The summed E-state index contributed by atoms with van der Waals surface area (Å²) in [6, 6.07) is 1.23. The average Bonchev–Trinajstić information content (AvgIpc) is 2.80. The predicted molar refractivity (Wildman–Crippen MR) is 57.1 cm³/mol. The zero-order valence-electron chi connectivity index (χ0n) is 8.86. The number of nitrogens with zero attached hydrogens (tertiary/aromatic N) is 4. The SMILES string of the molecule is COc1nc(N)cc(C(=O)O)c1-n1nccn1. The minimum absolute atomic E-state index is 0.0511. The fraction of sp³-hybridized carbons (Fsp3) is 0.111. The molecule has 0 atom stereocenters. The van der Waals surface area contributed by atoms with E-state index in [4.69, 9.17) is 15.6 Å². The maximum Gasteiger partial charge on any atom is 0.338 e. The number of carboxylic acid groups (broad SMARTS) is 1. The topological polar surface area (TPSA) is 116 Å². The molecule has 0 amide bonds. The van der Waals surface area contributed by atoms with E-state index in [1.54, 1.807) is 0 Å². The first-order valence-corrected chi connectivity index (χ1v) is 4.58. The molecule has 0 saturated carbocycles. The lowest BCUT2D eigenvalue weighted by atomic mass is 10.2. The normalized spacial score (nSPS) is 10.2. The Bertz CT molecular complexity index is 552. The highest BCUT2D eigenvalue weighted by atomic mass is 16.5. The van der Waals surface area contributed by atoms with Crippen LogP contribution in [0.5, 0.6) is 5.88 Å². The molecule has 0 aliphatic rings. The standard InChI is InChI=1S/C9H9N5O3/c1-17-8-7(14-11-2-3-12-14)5(9(15)16)4-6(10)13-8/h2-4H,1H3,(H2,10,13)(H,15,16). The average molecular weight is 235 g/mol. The molecule has 0 saturated heterocycles. The fourth-order valence-electron chi connectivity index (χ4n) is 1.36. The zero-order chi connectivity index (χ0) is 12.4. The summed E-state index contributed by atoms with van der Waals surface area (Å²) in [5.74, 6) is -1.06. The Morgan fingerprint density at radius 3 is 2.65 bits per heavy atom. The number of hydrogen-bond donors (Lipinski definition) is 2.